The van der Waals surface area contributed by atoms with Gasteiger partial charge in [-0.1, -0.05) is 20.8 Å². The Kier molecular flexibility index (Phi) is 5.58. The summed E-state index contributed by atoms with van der Waals surface area (Å²) in [6.45, 7) is 10.3. The first-order valence-electron chi connectivity index (χ1n) is 8.05. The number of nitrogens with one attached hydrogen (secondary N) is 2. The van der Waals surface area contributed by atoms with E-state index in [4.69, 9.17) is 0 Å². The quantitative estimate of drug-likeness (QED) is 0.849. The van der Waals surface area contributed by atoms with Gasteiger partial charge in [0, 0.05) is 45.6 Å². The molecule has 124 valence electrons. The number of carbonyl (C=O) groups excluding carboxylic acids is 1. The predicted octanol–water partition coefficient (Wildman–Crippen LogP) is 0.919. The van der Waals surface area contributed by atoms with Crippen molar-refractivity contribution in [3.05, 3.63) is 18.2 Å². The molecule has 1 atom stereocenters. The molecule has 0 aromatic carbocycles. The average molecular weight is 307 g/mol. The number of aryl methyl sites for hydroxylation is 1. The maximum atomic E-state index is 12.2. The second-order valence-corrected chi connectivity index (χ2v) is 7.25. The second kappa shape index (κ2) is 7.24. The molecule has 1 fully saturated rings. The van der Waals surface area contributed by atoms with E-state index in [0.29, 0.717) is 6.54 Å². The molecule has 0 radical (unpaired) electrons. The lowest BCUT2D eigenvalue weighted by atomic mass is 9.92. The smallest absolute Gasteiger partial charge is 0.234 e. The topological polar surface area (TPSA) is 62.2 Å². The summed E-state index contributed by atoms with van der Waals surface area (Å²) in [6.07, 6.45) is 4.75. The standard InChI is InChI=1S/C16H29N5O/c1-16(2,3)5-6-18-14(22)12-21-10-7-17-11-13(21)15-19-8-9-20(15)4/h8-9,13,17H,5-7,10-12H2,1-4H3,(H,18,22). The maximum absolute atomic E-state index is 12.2. The zero-order valence-corrected chi connectivity index (χ0v) is 14.2. The molecule has 22 heavy (non-hydrogen) atoms. The van der Waals surface area contributed by atoms with E-state index in [1.165, 1.54) is 0 Å². The fraction of sp³-hybridized carbons (Fsp3) is 0.750. The van der Waals surface area contributed by atoms with Crippen molar-refractivity contribution in [2.75, 3.05) is 32.7 Å². The molecular formula is C16H29N5O. The highest BCUT2D eigenvalue weighted by atomic mass is 16.2. The number of piperazine rings is 1. The van der Waals surface area contributed by atoms with Crippen molar-refractivity contribution < 1.29 is 4.79 Å². The first-order valence-corrected chi connectivity index (χ1v) is 8.05. The van der Waals surface area contributed by atoms with Crippen molar-refractivity contribution in [2.24, 2.45) is 12.5 Å². The van der Waals surface area contributed by atoms with Crippen LogP contribution in [-0.4, -0.2) is 53.1 Å². The number of aromatic nitrogens is 2. The maximum Gasteiger partial charge on any atom is 0.234 e. The molecule has 1 aromatic rings. The van der Waals surface area contributed by atoms with Crippen LogP contribution in [0.1, 0.15) is 39.1 Å². The molecule has 0 bridgehead atoms. The van der Waals surface area contributed by atoms with Gasteiger partial charge in [0.1, 0.15) is 5.82 Å². The molecule has 0 aliphatic carbocycles. The number of imidazole rings is 1. The largest absolute Gasteiger partial charge is 0.355 e. The third-order valence-electron chi connectivity index (χ3n) is 4.05. The second-order valence-electron chi connectivity index (χ2n) is 7.25. The minimum absolute atomic E-state index is 0.102. The Morgan fingerprint density at radius 2 is 2.27 bits per heavy atom. The van der Waals surface area contributed by atoms with E-state index in [1.54, 1.807) is 0 Å². The molecular weight excluding hydrogens is 278 g/mol. The van der Waals surface area contributed by atoms with Crippen LogP contribution in [0.15, 0.2) is 12.4 Å². The fourth-order valence-corrected chi connectivity index (χ4v) is 2.71. The first kappa shape index (κ1) is 17.0. The molecule has 2 N–H and O–H groups in total. The summed E-state index contributed by atoms with van der Waals surface area (Å²) in [5.74, 6) is 1.11. The van der Waals surface area contributed by atoms with E-state index in [0.717, 1.165) is 38.4 Å². The van der Waals surface area contributed by atoms with E-state index in [2.05, 4.69) is 41.3 Å². The molecule has 2 heterocycles. The number of nitrogens with zero attached hydrogens (tertiary/aromatic N) is 3. The molecule has 1 unspecified atom stereocenters. The highest BCUT2D eigenvalue weighted by Crippen LogP contribution is 2.20. The Hall–Kier alpha value is -1.40. The molecule has 1 saturated heterocycles. The summed E-state index contributed by atoms with van der Waals surface area (Å²) in [5.41, 5.74) is 0.248. The number of amides is 1. The summed E-state index contributed by atoms with van der Waals surface area (Å²) in [6, 6.07) is 0.155. The summed E-state index contributed by atoms with van der Waals surface area (Å²) < 4.78 is 2.03. The van der Waals surface area contributed by atoms with Gasteiger partial charge in [-0.15, -0.1) is 0 Å². The van der Waals surface area contributed by atoms with E-state index in [-0.39, 0.29) is 17.4 Å². The minimum Gasteiger partial charge on any atom is -0.355 e. The van der Waals surface area contributed by atoms with Gasteiger partial charge in [0.05, 0.1) is 12.6 Å². The molecule has 6 nitrogen and oxygen atoms in total. The monoisotopic (exact) mass is 307 g/mol. The van der Waals surface area contributed by atoms with Crippen LogP contribution >= 0.6 is 0 Å². The van der Waals surface area contributed by atoms with Gasteiger partial charge in [-0.2, -0.15) is 0 Å². The van der Waals surface area contributed by atoms with Crippen LogP contribution in [-0.2, 0) is 11.8 Å². The van der Waals surface area contributed by atoms with Crippen LogP contribution in [0.4, 0.5) is 0 Å². The minimum atomic E-state index is 0.102. The van der Waals surface area contributed by atoms with Crippen LogP contribution < -0.4 is 10.6 Å². The number of hydrogen-bond donors (Lipinski definition) is 2. The Labute approximate surface area is 133 Å². The van der Waals surface area contributed by atoms with Crippen molar-refractivity contribution >= 4 is 5.91 Å². The number of carbonyl (C=O) groups is 1. The summed E-state index contributed by atoms with van der Waals surface area (Å²) in [5, 5.41) is 6.43. The van der Waals surface area contributed by atoms with Gasteiger partial charge < -0.3 is 15.2 Å². The van der Waals surface area contributed by atoms with E-state index < -0.39 is 0 Å². The zero-order chi connectivity index (χ0) is 16.2. The van der Waals surface area contributed by atoms with Crippen molar-refractivity contribution in [3.63, 3.8) is 0 Å². The van der Waals surface area contributed by atoms with Gasteiger partial charge in [-0.3, -0.25) is 9.69 Å². The van der Waals surface area contributed by atoms with Gasteiger partial charge in [0.15, 0.2) is 0 Å². The number of rotatable bonds is 5. The van der Waals surface area contributed by atoms with Crippen LogP contribution in [0.25, 0.3) is 0 Å². The van der Waals surface area contributed by atoms with Crippen LogP contribution in [0.2, 0.25) is 0 Å². The lowest BCUT2D eigenvalue weighted by Crippen LogP contribution is -2.50. The molecule has 1 amide bonds. The van der Waals surface area contributed by atoms with Crippen LogP contribution in [0, 0.1) is 5.41 Å². The van der Waals surface area contributed by atoms with E-state index in [1.807, 2.05) is 24.0 Å². The Balaban J connectivity index is 1.89. The molecule has 1 aliphatic heterocycles. The Bertz CT molecular complexity index is 491. The lowest BCUT2D eigenvalue weighted by molar-refractivity contribution is -0.123. The number of hydrogen-bond acceptors (Lipinski definition) is 4. The Morgan fingerprint density at radius 1 is 1.50 bits per heavy atom. The van der Waals surface area contributed by atoms with Gasteiger partial charge >= 0.3 is 0 Å². The SMILES string of the molecule is Cn1ccnc1C1CNCCN1CC(=O)NCCC(C)(C)C. The molecule has 6 heteroatoms. The van der Waals surface area contributed by atoms with Crippen molar-refractivity contribution in [3.8, 4) is 0 Å². The Morgan fingerprint density at radius 3 is 2.91 bits per heavy atom. The zero-order valence-electron chi connectivity index (χ0n) is 14.2. The van der Waals surface area contributed by atoms with Crippen molar-refractivity contribution in [1.29, 1.82) is 0 Å². The van der Waals surface area contributed by atoms with Crippen molar-refractivity contribution in [1.82, 2.24) is 25.1 Å². The van der Waals surface area contributed by atoms with Crippen molar-refractivity contribution in [2.45, 2.75) is 33.2 Å². The third-order valence-corrected chi connectivity index (χ3v) is 4.05. The fourth-order valence-electron chi connectivity index (χ4n) is 2.71. The highest BCUT2D eigenvalue weighted by Gasteiger charge is 2.28. The molecule has 1 aromatic heterocycles. The van der Waals surface area contributed by atoms with Gasteiger partial charge in [-0.25, -0.2) is 4.98 Å². The summed E-state index contributed by atoms with van der Waals surface area (Å²) in [7, 11) is 2.00. The van der Waals surface area contributed by atoms with Crippen LogP contribution in [0.5, 0.6) is 0 Å². The summed E-state index contributed by atoms with van der Waals surface area (Å²) in [4.78, 5) is 18.9. The molecule has 0 saturated carbocycles. The van der Waals surface area contributed by atoms with Gasteiger partial charge in [-0.05, 0) is 11.8 Å². The summed E-state index contributed by atoms with van der Waals surface area (Å²) >= 11 is 0. The van der Waals surface area contributed by atoms with Gasteiger partial charge in [0.2, 0.25) is 5.91 Å². The normalized spacial score (nSPS) is 20.1. The van der Waals surface area contributed by atoms with E-state index in [9.17, 15) is 4.79 Å². The molecule has 0 spiro atoms. The predicted molar refractivity (Wildman–Crippen MR) is 87.5 cm³/mol. The van der Waals surface area contributed by atoms with E-state index >= 15 is 0 Å². The highest BCUT2D eigenvalue weighted by molar-refractivity contribution is 5.78. The van der Waals surface area contributed by atoms with Gasteiger partial charge in [0.25, 0.3) is 0 Å². The molecule has 1 aliphatic rings. The average Bonchev–Trinajstić information content (AvgIpc) is 2.84. The first-order chi connectivity index (χ1) is 10.4. The van der Waals surface area contributed by atoms with Crippen LogP contribution in [0.3, 0.4) is 0 Å². The third kappa shape index (κ3) is 4.81. The molecule has 2 rings (SSSR count). The lowest BCUT2D eigenvalue weighted by Gasteiger charge is -2.35.